The molecule has 18 heavy (non-hydrogen) atoms. The smallest absolute Gasteiger partial charge is 0.148 e. The number of hydrazine groups is 1. The molecule has 6 heteroatoms. The van der Waals surface area contributed by atoms with E-state index >= 15 is 0 Å². The highest BCUT2D eigenvalue weighted by atomic mass is 16.3. The van der Waals surface area contributed by atoms with Gasteiger partial charge in [-0.05, 0) is 33.6 Å². The Labute approximate surface area is 108 Å². The van der Waals surface area contributed by atoms with Gasteiger partial charge in [0.25, 0.3) is 0 Å². The lowest BCUT2D eigenvalue weighted by Gasteiger charge is -2.30. The van der Waals surface area contributed by atoms with Crippen LogP contribution in [0.1, 0.15) is 38.1 Å². The number of anilines is 2. The first kappa shape index (κ1) is 14.7. The normalized spacial score (nSPS) is 14.1. The highest BCUT2D eigenvalue weighted by molar-refractivity contribution is 5.57. The van der Waals surface area contributed by atoms with Gasteiger partial charge in [-0.2, -0.15) is 0 Å². The molecule has 0 aliphatic rings. The number of aryl methyl sites for hydroxylation is 1. The van der Waals surface area contributed by atoms with Crippen LogP contribution in [0.3, 0.4) is 0 Å². The Balaban J connectivity index is 3.06. The monoisotopic (exact) mass is 253 g/mol. The molecular formula is C12H23N5O. The summed E-state index contributed by atoms with van der Waals surface area (Å²) < 4.78 is 0. The molecule has 1 aromatic rings. The fourth-order valence-electron chi connectivity index (χ4n) is 1.75. The lowest BCUT2D eigenvalue weighted by Crippen LogP contribution is -2.36. The average molecular weight is 253 g/mol. The summed E-state index contributed by atoms with van der Waals surface area (Å²) >= 11 is 0. The van der Waals surface area contributed by atoms with Gasteiger partial charge in [-0.15, -0.1) is 0 Å². The van der Waals surface area contributed by atoms with Gasteiger partial charge in [0.15, 0.2) is 0 Å². The van der Waals surface area contributed by atoms with Crippen LogP contribution in [-0.2, 0) is 0 Å². The first-order valence-electron chi connectivity index (χ1n) is 6.16. The molecule has 1 aromatic heterocycles. The second-order valence-electron chi connectivity index (χ2n) is 4.75. The number of hydrogen-bond donors (Lipinski definition) is 4. The third kappa shape index (κ3) is 3.30. The van der Waals surface area contributed by atoms with E-state index in [1.54, 1.807) is 0 Å². The molecule has 0 bridgehead atoms. The summed E-state index contributed by atoms with van der Waals surface area (Å²) in [4.78, 5) is 8.61. The third-order valence-electron chi connectivity index (χ3n) is 3.26. The standard InChI is InChI=1S/C12H23N5O/c1-5-12(4,6-7-18)16-10-8(2)11(17-13)15-9(3)14-10/h18H,5-7,13H2,1-4H3,(H2,14,15,16,17). The van der Waals surface area contributed by atoms with Crippen LogP contribution in [0.2, 0.25) is 0 Å². The summed E-state index contributed by atoms with van der Waals surface area (Å²) in [5.74, 6) is 7.46. The van der Waals surface area contributed by atoms with E-state index in [2.05, 4.69) is 34.6 Å². The molecule has 102 valence electrons. The number of nitrogen functional groups attached to an aromatic ring is 1. The van der Waals surface area contributed by atoms with Gasteiger partial charge in [0.05, 0.1) is 0 Å². The molecule has 5 N–H and O–H groups in total. The van der Waals surface area contributed by atoms with Crippen LogP contribution in [0.25, 0.3) is 0 Å². The van der Waals surface area contributed by atoms with Crippen molar-refractivity contribution < 1.29 is 5.11 Å². The molecule has 6 nitrogen and oxygen atoms in total. The minimum Gasteiger partial charge on any atom is -0.396 e. The van der Waals surface area contributed by atoms with Crippen molar-refractivity contribution in [2.75, 3.05) is 17.3 Å². The number of aliphatic hydroxyl groups excluding tert-OH is 1. The molecule has 1 heterocycles. The molecule has 1 unspecified atom stereocenters. The number of nitrogens with one attached hydrogen (secondary N) is 2. The van der Waals surface area contributed by atoms with Crippen molar-refractivity contribution in [1.82, 2.24) is 9.97 Å². The van der Waals surface area contributed by atoms with Crippen LogP contribution >= 0.6 is 0 Å². The van der Waals surface area contributed by atoms with Crippen LogP contribution in [-0.4, -0.2) is 27.2 Å². The maximum absolute atomic E-state index is 9.13. The lowest BCUT2D eigenvalue weighted by atomic mass is 9.94. The minimum atomic E-state index is -0.188. The SMILES string of the molecule is CCC(C)(CCO)Nc1nc(C)nc(NN)c1C. The van der Waals surface area contributed by atoms with Crippen LogP contribution in [0.4, 0.5) is 11.6 Å². The molecule has 0 fully saturated rings. The van der Waals surface area contributed by atoms with E-state index in [-0.39, 0.29) is 12.1 Å². The maximum atomic E-state index is 9.13. The van der Waals surface area contributed by atoms with Crippen LogP contribution in [0.15, 0.2) is 0 Å². The Hall–Kier alpha value is -1.40. The fourth-order valence-corrected chi connectivity index (χ4v) is 1.75. The van der Waals surface area contributed by atoms with Gasteiger partial charge in [0, 0.05) is 17.7 Å². The summed E-state index contributed by atoms with van der Waals surface area (Å²) in [7, 11) is 0. The van der Waals surface area contributed by atoms with Gasteiger partial charge in [-0.3, -0.25) is 0 Å². The molecule has 0 radical (unpaired) electrons. The largest absolute Gasteiger partial charge is 0.396 e. The summed E-state index contributed by atoms with van der Waals surface area (Å²) in [5.41, 5.74) is 3.26. The predicted molar refractivity (Wildman–Crippen MR) is 73.3 cm³/mol. The van der Waals surface area contributed by atoms with Gasteiger partial charge < -0.3 is 15.8 Å². The number of nitrogens with zero attached hydrogens (tertiary/aromatic N) is 2. The molecule has 1 rings (SSSR count). The van der Waals surface area contributed by atoms with Crippen molar-refractivity contribution in [3.63, 3.8) is 0 Å². The van der Waals surface area contributed by atoms with Gasteiger partial charge in [0.2, 0.25) is 0 Å². The zero-order chi connectivity index (χ0) is 13.8. The van der Waals surface area contributed by atoms with Crippen molar-refractivity contribution in [2.24, 2.45) is 5.84 Å². The molecular weight excluding hydrogens is 230 g/mol. The first-order valence-corrected chi connectivity index (χ1v) is 6.16. The molecule has 0 saturated heterocycles. The molecule has 0 spiro atoms. The van der Waals surface area contributed by atoms with E-state index in [1.807, 2.05) is 13.8 Å². The van der Waals surface area contributed by atoms with Crippen LogP contribution in [0.5, 0.6) is 0 Å². The van der Waals surface area contributed by atoms with Crippen molar-refractivity contribution in [1.29, 1.82) is 0 Å². The van der Waals surface area contributed by atoms with Crippen molar-refractivity contribution in [3.05, 3.63) is 11.4 Å². The lowest BCUT2D eigenvalue weighted by molar-refractivity contribution is 0.251. The second-order valence-corrected chi connectivity index (χ2v) is 4.75. The molecule has 1 atom stereocenters. The zero-order valence-electron chi connectivity index (χ0n) is 11.5. The Kier molecular flexibility index (Phi) is 4.86. The highest BCUT2D eigenvalue weighted by Gasteiger charge is 2.23. The average Bonchev–Trinajstić information content (AvgIpc) is 2.33. The van der Waals surface area contributed by atoms with E-state index in [9.17, 15) is 0 Å². The van der Waals surface area contributed by atoms with E-state index < -0.39 is 0 Å². The first-order chi connectivity index (χ1) is 8.45. The second kappa shape index (κ2) is 5.97. The van der Waals surface area contributed by atoms with Crippen molar-refractivity contribution >= 4 is 11.6 Å². The Morgan fingerprint density at radius 1 is 1.28 bits per heavy atom. The molecule has 0 aliphatic carbocycles. The fraction of sp³-hybridized carbons (Fsp3) is 0.667. The minimum absolute atomic E-state index is 0.141. The number of nitrogens with two attached hydrogens (primary N) is 1. The highest BCUT2D eigenvalue weighted by Crippen LogP contribution is 2.25. The molecule has 0 amide bonds. The topological polar surface area (TPSA) is 96.1 Å². The zero-order valence-corrected chi connectivity index (χ0v) is 11.5. The number of aromatic nitrogens is 2. The molecule has 0 aliphatic heterocycles. The summed E-state index contributed by atoms with van der Waals surface area (Å²) in [6, 6.07) is 0. The third-order valence-corrected chi connectivity index (χ3v) is 3.26. The summed E-state index contributed by atoms with van der Waals surface area (Å²) in [5, 5.41) is 12.5. The predicted octanol–water partition coefficient (Wildman–Crippen LogP) is 1.34. The summed E-state index contributed by atoms with van der Waals surface area (Å²) in [6.45, 7) is 8.01. The quantitative estimate of drug-likeness (QED) is 0.451. The van der Waals surface area contributed by atoms with Crippen LogP contribution < -0.4 is 16.6 Å². The van der Waals surface area contributed by atoms with Crippen molar-refractivity contribution in [3.8, 4) is 0 Å². The van der Waals surface area contributed by atoms with Gasteiger partial charge in [0.1, 0.15) is 17.5 Å². The van der Waals surface area contributed by atoms with E-state index in [4.69, 9.17) is 10.9 Å². The molecule has 0 aromatic carbocycles. The Bertz CT molecular complexity index is 410. The van der Waals surface area contributed by atoms with E-state index in [0.717, 1.165) is 17.8 Å². The maximum Gasteiger partial charge on any atom is 0.148 e. The molecule has 0 saturated carbocycles. The van der Waals surface area contributed by atoms with E-state index in [1.165, 1.54) is 0 Å². The number of rotatable bonds is 6. The van der Waals surface area contributed by atoms with Gasteiger partial charge >= 0.3 is 0 Å². The van der Waals surface area contributed by atoms with Gasteiger partial charge in [-0.25, -0.2) is 15.8 Å². The van der Waals surface area contributed by atoms with Gasteiger partial charge in [-0.1, -0.05) is 6.92 Å². The van der Waals surface area contributed by atoms with Crippen LogP contribution in [0, 0.1) is 13.8 Å². The number of aliphatic hydroxyl groups is 1. The van der Waals surface area contributed by atoms with E-state index in [0.29, 0.717) is 18.1 Å². The Morgan fingerprint density at radius 3 is 2.39 bits per heavy atom. The van der Waals surface area contributed by atoms with Crippen molar-refractivity contribution in [2.45, 2.75) is 46.1 Å². The summed E-state index contributed by atoms with van der Waals surface area (Å²) in [6.07, 6.45) is 1.55. The number of hydrogen-bond acceptors (Lipinski definition) is 6. The Morgan fingerprint density at radius 2 is 1.89 bits per heavy atom.